The summed E-state index contributed by atoms with van der Waals surface area (Å²) in [5.74, 6) is 0.229. The number of fused-ring (bicyclic) bond motifs is 1. The van der Waals surface area contributed by atoms with Crippen LogP contribution in [0, 0.1) is 5.41 Å². The summed E-state index contributed by atoms with van der Waals surface area (Å²) in [5.41, 5.74) is 3.29. The van der Waals surface area contributed by atoms with E-state index >= 15 is 0 Å². The second-order valence-corrected chi connectivity index (χ2v) is 6.06. The first-order valence-electron chi connectivity index (χ1n) is 6.62. The summed E-state index contributed by atoms with van der Waals surface area (Å²) in [6.07, 6.45) is 5.19. The molecule has 3 rings (SSSR count). The Kier molecular flexibility index (Phi) is 2.74. The lowest BCUT2D eigenvalue weighted by Crippen LogP contribution is -2.21. The highest BCUT2D eigenvalue weighted by molar-refractivity contribution is 5.99. The molecule has 0 saturated heterocycles. The highest BCUT2D eigenvalue weighted by atomic mass is 16.1. The fraction of sp³-hybridized carbons (Fsp3) is 0.294. The first-order valence-corrected chi connectivity index (χ1v) is 6.62. The smallest absolute Gasteiger partial charge is 0.156 e. The fourth-order valence-corrected chi connectivity index (χ4v) is 2.80. The molecule has 1 heterocycles. The Balaban J connectivity index is 2.07. The molecule has 2 aromatic rings. The molecule has 0 fully saturated rings. The second-order valence-electron chi connectivity index (χ2n) is 6.06. The quantitative estimate of drug-likeness (QED) is 0.766. The summed E-state index contributed by atoms with van der Waals surface area (Å²) in [7, 11) is 0. The van der Waals surface area contributed by atoms with Gasteiger partial charge in [0.25, 0.3) is 0 Å². The van der Waals surface area contributed by atoms with Gasteiger partial charge in [0.1, 0.15) is 0 Å². The molecular formula is C17H17NO. The molecule has 19 heavy (non-hydrogen) atoms. The Morgan fingerprint density at radius 3 is 2.79 bits per heavy atom. The van der Waals surface area contributed by atoms with E-state index in [4.69, 9.17) is 0 Å². The van der Waals surface area contributed by atoms with Crippen molar-refractivity contribution in [2.45, 2.75) is 26.7 Å². The Hall–Kier alpha value is -1.96. The highest BCUT2D eigenvalue weighted by Crippen LogP contribution is 2.38. The monoisotopic (exact) mass is 251 g/mol. The summed E-state index contributed by atoms with van der Waals surface area (Å²) in [6.45, 7) is 4.30. The van der Waals surface area contributed by atoms with E-state index in [-0.39, 0.29) is 11.2 Å². The minimum atomic E-state index is 0.0558. The van der Waals surface area contributed by atoms with Gasteiger partial charge in [0.15, 0.2) is 5.78 Å². The van der Waals surface area contributed by atoms with Gasteiger partial charge in [-0.15, -0.1) is 0 Å². The normalized spacial score (nSPS) is 18.4. The van der Waals surface area contributed by atoms with E-state index in [1.54, 1.807) is 12.3 Å². The van der Waals surface area contributed by atoms with Crippen molar-refractivity contribution in [2.24, 2.45) is 5.41 Å². The Bertz CT molecular complexity index is 682. The number of nitrogens with zero attached hydrogens (tertiary/aromatic N) is 1. The minimum Gasteiger partial charge on any atom is -0.295 e. The lowest BCUT2D eigenvalue weighted by Gasteiger charge is -2.29. The van der Waals surface area contributed by atoms with Gasteiger partial charge in [-0.05, 0) is 41.2 Å². The number of ketones is 1. The van der Waals surface area contributed by atoms with Crippen LogP contribution in [-0.4, -0.2) is 10.8 Å². The highest BCUT2D eigenvalue weighted by Gasteiger charge is 2.27. The van der Waals surface area contributed by atoms with Crippen LogP contribution < -0.4 is 0 Å². The van der Waals surface area contributed by atoms with Crippen LogP contribution in [0.1, 0.15) is 32.3 Å². The van der Waals surface area contributed by atoms with Gasteiger partial charge >= 0.3 is 0 Å². The number of carbonyl (C=O) groups excluding carboxylic acids is 1. The molecule has 0 atom stereocenters. The van der Waals surface area contributed by atoms with Crippen LogP contribution in [0.2, 0.25) is 0 Å². The van der Waals surface area contributed by atoms with E-state index in [0.717, 1.165) is 28.5 Å². The van der Waals surface area contributed by atoms with E-state index in [0.29, 0.717) is 6.42 Å². The van der Waals surface area contributed by atoms with E-state index in [1.165, 1.54) is 0 Å². The molecule has 0 bridgehead atoms. The predicted octanol–water partition coefficient (Wildman–Crippen LogP) is 4.01. The number of hydrogen-bond acceptors (Lipinski definition) is 2. The summed E-state index contributed by atoms with van der Waals surface area (Å²) in [6, 6.07) is 10.2. The Morgan fingerprint density at radius 2 is 2.00 bits per heavy atom. The van der Waals surface area contributed by atoms with Gasteiger partial charge in [-0.2, -0.15) is 0 Å². The molecule has 0 N–H and O–H groups in total. The van der Waals surface area contributed by atoms with Crippen LogP contribution in [0.5, 0.6) is 0 Å². The first kappa shape index (κ1) is 12.1. The van der Waals surface area contributed by atoms with Crippen molar-refractivity contribution in [1.82, 2.24) is 4.98 Å². The molecule has 0 saturated carbocycles. The van der Waals surface area contributed by atoms with Gasteiger partial charge < -0.3 is 0 Å². The molecular weight excluding hydrogens is 234 g/mol. The molecule has 1 aromatic carbocycles. The van der Waals surface area contributed by atoms with Crippen molar-refractivity contribution < 1.29 is 4.79 Å². The van der Waals surface area contributed by atoms with Gasteiger partial charge in [-0.1, -0.05) is 32.0 Å². The second kappa shape index (κ2) is 4.30. The summed E-state index contributed by atoms with van der Waals surface area (Å²) >= 11 is 0. The zero-order chi connectivity index (χ0) is 13.5. The minimum absolute atomic E-state index is 0.0558. The van der Waals surface area contributed by atoms with E-state index in [9.17, 15) is 4.79 Å². The maximum atomic E-state index is 11.8. The topological polar surface area (TPSA) is 30.0 Å². The summed E-state index contributed by atoms with van der Waals surface area (Å²) in [4.78, 5) is 16.2. The Labute approximate surface area is 113 Å². The SMILES string of the molecule is CC1(C)CC(=O)C=C(c2ccc3cccnc3c2)C1. The molecule has 0 amide bonds. The first-order chi connectivity index (χ1) is 9.03. The standard InChI is InChI=1S/C17H17NO/c1-17(2)10-14(8-15(19)11-17)13-6-5-12-4-3-7-18-16(12)9-13/h3-9H,10-11H2,1-2H3. The van der Waals surface area contributed by atoms with Gasteiger partial charge in [0.2, 0.25) is 0 Å². The molecule has 2 nitrogen and oxygen atoms in total. The zero-order valence-electron chi connectivity index (χ0n) is 11.3. The maximum Gasteiger partial charge on any atom is 0.156 e. The number of benzene rings is 1. The molecule has 96 valence electrons. The van der Waals surface area contributed by atoms with Crippen LogP contribution in [-0.2, 0) is 4.79 Å². The predicted molar refractivity (Wildman–Crippen MR) is 77.7 cm³/mol. The van der Waals surface area contributed by atoms with Gasteiger partial charge in [0.05, 0.1) is 5.52 Å². The van der Waals surface area contributed by atoms with Crippen LogP contribution >= 0.6 is 0 Å². The lowest BCUT2D eigenvalue weighted by atomic mass is 9.75. The molecule has 0 unspecified atom stereocenters. The fourth-order valence-electron chi connectivity index (χ4n) is 2.80. The third-order valence-electron chi connectivity index (χ3n) is 3.63. The molecule has 0 radical (unpaired) electrons. The van der Waals surface area contributed by atoms with Crippen molar-refractivity contribution >= 4 is 22.3 Å². The number of allylic oxidation sites excluding steroid dienone is 2. The molecule has 0 spiro atoms. The van der Waals surface area contributed by atoms with Crippen molar-refractivity contribution in [3.8, 4) is 0 Å². The number of rotatable bonds is 1. The van der Waals surface area contributed by atoms with Crippen molar-refractivity contribution in [3.05, 3.63) is 48.2 Å². The largest absolute Gasteiger partial charge is 0.295 e. The third kappa shape index (κ3) is 2.43. The molecule has 0 aliphatic heterocycles. The van der Waals surface area contributed by atoms with Gasteiger partial charge in [0, 0.05) is 18.0 Å². The molecule has 2 heteroatoms. The van der Waals surface area contributed by atoms with Crippen LogP contribution in [0.3, 0.4) is 0 Å². The maximum absolute atomic E-state index is 11.8. The lowest BCUT2D eigenvalue weighted by molar-refractivity contribution is -0.116. The number of aromatic nitrogens is 1. The number of hydrogen-bond donors (Lipinski definition) is 0. The van der Waals surface area contributed by atoms with Crippen LogP contribution in [0.25, 0.3) is 16.5 Å². The summed E-state index contributed by atoms with van der Waals surface area (Å²) in [5, 5.41) is 1.13. The number of carbonyl (C=O) groups is 1. The van der Waals surface area contributed by atoms with E-state index in [1.807, 2.05) is 6.07 Å². The average molecular weight is 251 g/mol. The van der Waals surface area contributed by atoms with E-state index < -0.39 is 0 Å². The van der Waals surface area contributed by atoms with Gasteiger partial charge in [-0.3, -0.25) is 9.78 Å². The molecule has 1 aliphatic rings. The third-order valence-corrected chi connectivity index (χ3v) is 3.63. The van der Waals surface area contributed by atoms with Crippen molar-refractivity contribution in [2.75, 3.05) is 0 Å². The Morgan fingerprint density at radius 1 is 1.16 bits per heavy atom. The van der Waals surface area contributed by atoms with Gasteiger partial charge in [-0.25, -0.2) is 0 Å². The van der Waals surface area contributed by atoms with Crippen LogP contribution in [0.15, 0.2) is 42.6 Å². The van der Waals surface area contributed by atoms with Crippen molar-refractivity contribution in [1.29, 1.82) is 0 Å². The van der Waals surface area contributed by atoms with Crippen LogP contribution in [0.4, 0.5) is 0 Å². The number of pyridine rings is 1. The van der Waals surface area contributed by atoms with Crippen molar-refractivity contribution in [3.63, 3.8) is 0 Å². The zero-order valence-corrected chi connectivity index (χ0v) is 11.3. The average Bonchev–Trinajstić information content (AvgIpc) is 2.36. The molecule has 1 aliphatic carbocycles. The summed E-state index contributed by atoms with van der Waals surface area (Å²) < 4.78 is 0. The molecule has 1 aromatic heterocycles. The van der Waals surface area contributed by atoms with E-state index in [2.05, 4.69) is 43.1 Å².